The fourth-order valence-corrected chi connectivity index (χ4v) is 3.31. The molecule has 0 spiro atoms. The molecule has 0 atom stereocenters. The van der Waals surface area contributed by atoms with Crippen molar-refractivity contribution in [1.29, 1.82) is 0 Å². The predicted molar refractivity (Wildman–Crippen MR) is 111 cm³/mol. The monoisotopic (exact) mass is 441 g/mol. The summed E-state index contributed by atoms with van der Waals surface area (Å²) in [6.45, 7) is 0. The molecule has 0 aliphatic heterocycles. The van der Waals surface area contributed by atoms with Crippen molar-refractivity contribution in [1.82, 2.24) is 9.97 Å². The number of benzene rings is 2. The van der Waals surface area contributed by atoms with Gasteiger partial charge in [0.2, 0.25) is 5.88 Å². The van der Waals surface area contributed by atoms with Crippen molar-refractivity contribution in [2.24, 2.45) is 0 Å². The number of halogens is 3. The van der Waals surface area contributed by atoms with Gasteiger partial charge >= 0.3 is 6.18 Å². The van der Waals surface area contributed by atoms with Crippen LogP contribution in [0.15, 0.2) is 78.4 Å². The number of pyridine rings is 1. The number of carbonyl (C=O) groups is 1. The van der Waals surface area contributed by atoms with Gasteiger partial charge in [-0.3, -0.25) is 4.79 Å². The highest BCUT2D eigenvalue weighted by atomic mass is 32.1. The van der Waals surface area contributed by atoms with E-state index in [9.17, 15) is 18.0 Å². The van der Waals surface area contributed by atoms with Crippen molar-refractivity contribution in [2.45, 2.75) is 6.18 Å². The zero-order chi connectivity index (χ0) is 21.8. The smallest absolute Gasteiger partial charge is 0.417 e. The van der Waals surface area contributed by atoms with Gasteiger partial charge in [-0.2, -0.15) is 13.2 Å². The first kappa shape index (κ1) is 20.5. The molecule has 4 aromatic rings. The Bertz CT molecular complexity index is 1160. The third-order valence-corrected chi connectivity index (χ3v) is 5.05. The van der Waals surface area contributed by atoms with E-state index >= 15 is 0 Å². The first-order chi connectivity index (χ1) is 14.9. The number of alkyl halides is 3. The average molecular weight is 441 g/mol. The topological polar surface area (TPSA) is 64.1 Å². The molecule has 5 nitrogen and oxygen atoms in total. The first-order valence-corrected chi connectivity index (χ1v) is 9.89. The third-order valence-electron chi connectivity index (χ3n) is 4.22. The van der Waals surface area contributed by atoms with Crippen LogP contribution in [0.4, 0.5) is 18.9 Å². The molecule has 0 fully saturated rings. The van der Waals surface area contributed by atoms with E-state index < -0.39 is 11.7 Å². The van der Waals surface area contributed by atoms with E-state index in [0.29, 0.717) is 23.2 Å². The Morgan fingerprint density at radius 3 is 2.26 bits per heavy atom. The zero-order valence-electron chi connectivity index (χ0n) is 15.8. The summed E-state index contributed by atoms with van der Waals surface area (Å²) in [6.07, 6.45) is -2.02. The molecule has 31 heavy (non-hydrogen) atoms. The van der Waals surface area contributed by atoms with Crippen LogP contribution in [-0.4, -0.2) is 15.9 Å². The molecule has 0 bridgehead atoms. The van der Waals surface area contributed by atoms with Crippen molar-refractivity contribution < 1.29 is 22.7 Å². The lowest BCUT2D eigenvalue weighted by atomic mass is 10.2. The number of aromatic nitrogens is 2. The molecule has 2 heterocycles. The fraction of sp³-hybridized carbons (Fsp3) is 0.0455. The van der Waals surface area contributed by atoms with Crippen LogP contribution in [0.5, 0.6) is 11.6 Å². The van der Waals surface area contributed by atoms with Gasteiger partial charge < -0.3 is 10.1 Å². The third kappa shape index (κ3) is 5.07. The Morgan fingerprint density at radius 2 is 1.68 bits per heavy atom. The Labute approximate surface area is 179 Å². The number of carbonyl (C=O) groups excluding carboxylic acids is 1. The van der Waals surface area contributed by atoms with Crippen LogP contribution in [0.2, 0.25) is 0 Å². The van der Waals surface area contributed by atoms with Crippen LogP contribution < -0.4 is 10.1 Å². The van der Waals surface area contributed by atoms with E-state index in [1.165, 1.54) is 11.3 Å². The SMILES string of the molecule is O=C(Nc1ccc(-c2nccs2)cc1)c1ccc(Oc2ccc(C(F)(F)F)cn2)cc1. The Kier molecular flexibility index (Phi) is 5.68. The number of hydrogen-bond donors (Lipinski definition) is 1. The van der Waals surface area contributed by atoms with E-state index in [-0.39, 0.29) is 11.8 Å². The molecule has 2 aromatic heterocycles. The van der Waals surface area contributed by atoms with E-state index in [0.717, 1.165) is 22.7 Å². The van der Waals surface area contributed by atoms with E-state index in [4.69, 9.17) is 4.74 Å². The molecule has 0 aliphatic carbocycles. The van der Waals surface area contributed by atoms with E-state index in [1.54, 1.807) is 42.6 Å². The minimum absolute atomic E-state index is 0.0190. The second-order valence-electron chi connectivity index (χ2n) is 6.38. The highest BCUT2D eigenvalue weighted by Crippen LogP contribution is 2.30. The van der Waals surface area contributed by atoms with Gasteiger partial charge in [-0.1, -0.05) is 0 Å². The van der Waals surface area contributed by atoms with Crippen molar-refractivity contribution in [3.05, 3.63) is 89.6 Å². The summed E-state index contributed by atoms with van der Waals surface area (Å²) in [4.78, 5) is 20.3. The molecular formula is C22H14F3N3O2S. The number of hydrogen-bond acceptors (Lipinski definition) is 5. The lowest BCUT2D eigenvalue weighted by Crippen LogP contribution is -2.11. The molecule has 4 rings (SSSR count). The number of thiazole rings is 1. The Hall–Kier alpha value is -3.72. The molecule has 0 aliphatic rings. The molecular weight excluding hydrogens is 427 g/mol. The maximum absolute atomic E-state index is 12.6. The quantitative estimate of drug-likeness (QED) is 0.397. The van der Waals surface area contributed by atoms with Crippen LogP contribution in [0.3, 0.4) is 0 Å². The largest absolute Gasteiger partial charge is 0.439 e. The van der Waals surface area contributed by atoms with Crippen molar-refractivity contribution in [3.8, 4) is 22.2 Å². The van der Waals surface area contributed by atoms with Crippen LogP contribution in [0.25, 0.3) is 10.6 Å². The maximum atomic E-state index is 12.6. The van der Waals surface area contributed by atoms with Gasteiger partial charge in [0, 0.05) is 40.7 Å². The highest BCUT2D eigenvalue weighted by Gasteiger charge is 2.30. The van der Waals surface area contributed by atoms with Crippen molar-refractivity contribution >= 4 is 22.9 Å². The van der Waals surface area contributed by atoms with Gasteiger partial charge in [-0.25, -0.2) is 9.97 Å². The van der Waals surface area contributed by atoms with Gasteiger partial charge in [0.05, 0.1) is 5.56 Å². The van der Waals surface area contributed by atoms with Crippen LogP contribution >= 0.6 is 11.3 Å². The second-order valence-corrected chi connectivity index (χ2v) is 7.27. The van der Waals surface area contributed by atoms with Crippen LogP contribution in [-0.2, 0) is 6.18 Å². The van der Waals surface area contributed by atoms with Crippen LogP contribution in [0.1, 0.15) is 15.9 Å². The van der Waals surface area contributed by atoms with E-state index in [2.05, 4.69) is 15.3 Å². The number of amides is 1. The summed E-state index contributed by atoms with van der Waals surface area (Å²) >= 11 is 1.53. The molecule has 2 aromatic carbocycles. The van der Waals surface area contributed by atoms with Gasteiger partial charge in [0.15, 0.2) is 0 Å². The van der Waals surface area contributed by atoms with Gasteiger partial charge in [-0.15, -0.1) is 11.3 Å². The second kappa shape index (κ2) is 8.57. The Morgan fingerprint density at radius 1 is 0.935 bits per heavy atom. The summed E-state index contributed by atoms with van der Waals surface area (Å²) in [5, 5.41) is 5.60. The first-order valence-electron chi connectivity index (χ1n) is 9.01. The molecule has 9 heteroatoms. The molecule has 156 valence electrons. The lowest BCUT2D eigenvalue weighted by molar-refractivity contribution is -0.137. The summed E-state index contributed by atoms with van der Waals surface area (Å²) in [6, 6.07) is 15.6. The minimum atomic E-state index is -4.46. The molecule has 0 radical (unpaired) electrons. The van der Waals surface area contributed by atoms with Crippen molar-refractivity contribution in [2.75, 3.05) is 5.32 Å². The minimum Gasteiger partial charge on any atom is -0.439 e. The predicted octanol–water partition coefficient (Wildman–Crippen LogP) is 6.27. The zero-order valence-corrected chi connectivity index (χ0v) is 16.6. The van der Waals surface area contributed by atoms with Crippen LogP contribution in [0, 0.1) is 0 Å². The maximum Gasteiger partial charge on any atom is 0.417 e. The summed E-state index contributed by atoms with van der Waals surface area (Å²) in [5.74, 6) is 0.0586. The molecule has 0 saturated heterocycles. The number of rotatable bonds is 5. The summed E-state index contributed by atoms with van der Waals surface area (Å²) < 4.78 is 43.2. The number of nitrogens with zero attached hydrogens (tertiary/aromatic N) is 2. The standard InChI is InChI=1S/C22H14F3N3O2S/c23-22(24,25)16-5-10-19(27-13-16)30-18-8-3-14(4-9-18)20(29)28-17-6-1-15(2-7-17)21-26-11-12-31-21/h1-13H,(H,28,29). The number of ether oxygens (including phenoxy) is 1. The highest BCUT2D eigenvalue weighted by molar-refractivity contribution is 7.13. The van der Waals surface area contributed by atoms with Crippen molar-refractivity contribution in [3.63, 3.8) is 0 Å². The lowest BCUT2D eigenvalue weighted by Gasteiger charge is -2.09. The average Bonchev–Trinajstić information content (AvgIpc) is 3.29. The normalized spacial score (nSPS) is 11.2. The van der Waals surface area contributed by atoms with Gasteiger partial charge in [-0.05, 0) is 54.6 Å². The number of nitrogens with one attached hydrogen (secondary N) is 1. The fourth-order valence-electron chi connectivity index (χ4n) is 2.67. The van der Waals surface area contributed by atoms with Gasteiger partial charge in [0.1, 0.15) is 10.8 Å². The Balaban J connectivity index is 1.38. The molecule has 1 amide bonds. The molecule has 0 unspecified atom stereocenters. The van der Waals surface area contributed by atoms with Gasteiger partial charge in [0.25, 0.3) is 5.91 Å². The summed E-state index contributed by atoms with van der Waals surface area (Å²) in [5.41, 5.74) is 1.15. The van der Waals surface area contributed by atoms with E-state index in [1.807, 2.05) is 17.5 Å². The molecule has 0 saturated carbocycles. The number of anilines is 1. The summed E-state index contributed by atoms with van der Waals surface area (Å²) in [7, 11) is 0. The molecule has 1 N–H and O–H groups in total.